The second-order valence-corrected chi connectivity index (χ2v) is 10.7. The molecule has 1 fully saturated rings. The minimum absolute atomic E-state index is 0.0720. The molecule has 0 bridgehead atoms. The van der Waals surface area contributed by atoms with Gasteiger partial charge in [-0.25, -0.2) is 4.79 Å². The average molecular weight is 589 g/mol. The molecule has 0 radical (unpaired) electrons. The zero-order valence-corrected chi connectivity index (χ0v) is 24.0. The lowest BCUT2D eigenvalue weighted by Crippen LogP contribution is -2.42. The van der Waals surface area contributed by atoms with Crippen LogP contribution in [-0.4, -0.2) is 62.0 Å². The zero-order valence-electron chi connectivity index (χ0n) is 21.6. The van der Waals surface area contributed by atoms with Crippen LogP contribution in [0.1, 0.15) is 39.6 Å². The summed E-state index contributed by atoms with van der Waals surface area (Å²) in [5.41, 5.74) is 3.23. The first-order chi connectivity index (χ1) is 18.9. The Kier molecular flexibility index (Phi) is 10.1. The molecular weight excluding hydrogens is 557 g/mol. The van der Waals surface area contributed by atoms with Crippen molar-refractivity contribution in [3.05, 3.63) is 80.0 Å². The molecule has 1 aromatic heterocycles. The van der Waals surface area contributed by atoms with Crippen molar-refractivity contribution in [2.75, 3.05) is 49.5 Å². The van der Waals surface area contributed by atoms with Gasteiger partial charge in [0.2, 0.25) is 0 Å². The number of amides is 4. The van der Waals surface area contributed by atoms with E-state index in [2.05, 4.69) is 20.9 Å². The molecule has 0 aliphatic carbocycles. The van der Waals surface area contributed by atoms with Gasteiger partial charge in [-0.05, 0) is 67.1 Å². The maximum atomic E-state index is 13.0. The summed E-state index contributed by atoms with van der Waals surface area (Å²) in [5, 5.41) is 13.5. The van der Waals surface area contributed by atoms with E-state index in [0.29, 0.717) is 72.5 Å². The minimum Gasteiger partial charge on any atom is -0.368 e. The van der Waals surface area contributed by atoms with Gasteiger partial charge in [-0.1, -0.05) is 29.3 Å². The molecule has 2 aromatic carbocycles. The molecule has 3 N–H and O–H groups in total. The molecule has 2 heterocycles. The van der Waals surface area contributed by atoms with Crippen molar-refractivity contribution in [3.8, 4) is 0 Å². The van der Waals surface area contributed by atoms with Crippen molar-refractivity contribution in [3.63, 3.8) is 0 Å². The van der Waals surface area contributed by atoms with Crippen LogP contribution in [0, 0.1) is 0 Å². The molecule has 11 heteroatoms. The molecule has 0 saturated carbocycles. The number of halogens is 2. The minimum atomic E-state index is -0.254. The monoisotopic (exact) mass is 587 g/mol. The highest BCUT2D eigenvalue weighted by molar-refractivity contribution is 7.08. The fourth-order valence-corrected chi connectivity index (χ4v) is 5.54. The molecule has 39 heavy (non-hydrogen) atoms. The van der Waals surface area contributed by atoms with Crippen molar-refractivity contribution in [2.45, 2.75) is 19.8 Å². The molecule has 3 aromatic rings. The molecular formula is C28H31Cl2N5O3S. The maximum Gasteiger partial charge on any atom is 0.317 e. The molecule has 0 unspecified atom stereocenters. The third kappa shape index (κ3) is 7.65. The molecule has 1 aliphatic heterocycles. The SMILES string of the molecule is CCNC(=O)N1CCCN(c2ccc(C(=O)NCCc3ccc(Cl)cc3Cl)cc2NC(=O)c2ccsc2)CC1. The third-order valence-corrected chi connectivity index (χ3v) is 7.71. The van der Waals surface area contributed by atoms with Gasteiger partial charge < -0.3 is 25.8 Å². The van der Waals surface area contributed by atoms with Crippen molar-refractivity contribution in [2.24, 2.45) is 0 Å². The van der Waals surface area contributed by atoms with E-state index < -0.39 is 0 Å². The van der Waals surface area contributed by atoms with Crippen LogP contribution in [0.4, 0.5) is 16.2 Å². The molecule has 0 atom stereocenters. The lowest BCUT2D eigenvalue weighted by atomic mass is 10.1. The summed E-state index contributed by atoms with van der Waals surface area (Å²) in [6, 6.07) is 12.3. The number of thiophene rings is 1. The van der Waals surface area contributed by atoms with Crippen LogP contribution in [0.25, 0.3) is 0 Å². The number of benzene rings is 2. The first-order valence-electron chi connectivity index (χ1n) is 12.8. The highest BCUT2D eigenvalue weighted by Gasteiger charge is 2.22. The van der Waals surface area contributed by atoms with E-state index in [1.165, 1.54) is 11.3 Å². The molecule has 4 amide bonds. The summed E-state index contributed by atoms with van der Waals surface area (Å²) in [4.78, 5) is 42.3. The van der Waals surface area contributed by atoms with Crippen LogP contribution >= 0.6 is 34.5 Å². The first-order valence-corrected chi connectivity index (χ1v) is 14.5. The third-order valence-electron chi connectivity index (χ3n) is 6.44. The summed E-state index contributed by atoms with van der Waals surface area (Å²) < 4.78 is 0. The standard InChI is InChI=1S/C28H31Cl2N5O3S/c1-2-31-28(38)35-12-3-11-34(13-14-35)25-7-5-20(16-24(25)33-27(37)21-9-15-39-18-21)26(36)32-10-8-19-4-6-22(29)17-23(19)30/h4-7,9,15-18H,2-3,8,10-14H2,1H3,(H,31,38)(H,32,36)(H,33,37). The molecule has 206 valence electrons. The smallest absolute Gasteiger partial charge is 0.317 e. The van der Waals surface area contributed by atoms with Crippen LogP contribution in [0.3, 0.4) is 0 Å². The summed E-state index contributed by atoms with van der Waals surface area (Å²) in [6.07, 6.45) is 1.34. The highest BCUT2D eigenvalue weighted by atomic mass is 35.5. The molecule has 1 saturated heterocycles. The fourth-order valence-electron chi connectivity index (χ4n) is 4.40. The lowest BCUT2D eigenvalue weighted by Gasteiger charge is -2.26. The van der Waals surface area contributed by atoms with Gasteiger partial charge >= 0.3 is 6.03 Å². The number of hydrogen-bond donors (Lipinski definition) is 3. The number of nitrogens with one attached hydrogen (secondary N) is 3. The van der Waals surface area contributed by atoms with Crippen molar-refractivity contribution >= 4 is 63.8 Å². The Labute approximate surface area is 242 Å². The van der Waals surface area contributed by atoms with Crippen LogP contribution in [0.5, 0.6) is 0 Å². The Balaban J connectivity index is 1.50. The van der Waals surface area contributed by atoms with E-state index in [-0.39, 0.29) is 17.8 Å². The second kappa shape index (κ2) is 13.7. The summed E-state index contributed by atoms with van der Waals surface area (Å²) in [6.45, 7) is 5.39. The largest absolute Gasteiger partial charge is 0.368 e. The summed E-state index contributed by atoms with van der Waals surface area (Å²) in [5.74, 6) is -0.498. The van der Waals surface area contributed by atoms with Gasteiger partial charge in [-0.3, -0.25) is 9.59 Å². The number of carbonyl (C=O) groups is 3. The van der Waals surface area contributed by atoms with Gasteiger partial charge in [-0.15, -0.1) is 0 Å². The van der Waals surface area contributed by atoms with E-state index in [9.17, 15) is 14.4 Å². The predicted octanol–water partition coefficient (Wildman–Crippen LogP) is 5.52. The number of rotatable bonds is 8. The molecule has 4 rings (SSSR count). The first kappa shape index (κ1) is 28.7. The van der Waals surface area contributed by atoms with E-state index >= 15 is 0 Å². The Morgan fingerprint density at radius 2 is 1.77 bits per heavy atom. The van der Waals surface area contributed by atoms with E-state index in [0.717, 1.165) is 17.7 Å². The Morgan fingerprint density at radius 3 is 2.51 bits per heavy atom. The maximum absolute atomic E-state index is 13.0. The van der Waals surface area contributed by atoms with E-state index in [4.69, 9.17) is 23.2 Å². The normalized spacial score (nSPS) is 13.5. The van der Waals surface area contributed by atoms with Gasteiger partial charge in [0.15, 0.2) is 0 Å². The van der Waals surface area contributed by atoms with E-state index in [1.54, 1.807) is 35.7 Å². The average Bonchev–Trinajstić information content (AvgIpc) is 3.35. The Morgan fingerprint density at radius 1 is 0.923 bits per heavy atom. The Bertz CT molecular complexity index is 1320. The van der Waals surface area contributed by atoms with Gasteiger partial charge in [0, 0.05) is 60.3 Å². The lowest BCUT2D eigenvalue weighted by molar-refractivity contribution is 0.0952. The zero-order chi connectivity index (χ0) is 27.8. The number of nitrogens with zero attached hydrogens (tertiary/aromatic N) is 2. The van der Waals surface area contributed by atoms with Crippen molar-refractivity contribution in [1.82, 2.24) is 15.5 Å². The fraction of sp³-hybridized carbons (Fsp3) is 0.321. The molecule has 0 spiro atoms. The number of urea groups is 1. The summed E-state index contributed by atoms with van der Waals surface area (Å²) >= 11 is 13.7. The number of anilines is 2. The van der Waals surface area contributed by atoms with Crippen LogP contribution in [0.2, 0.25) is 10.0 Å². The van der Waals surface area contributed by atoms with Gasteiger partial charge in [0.25, 0.3) is 11.8 Å². The second-order valence-electron chi connectivity index (χ2n) is 9.10. The van der Waals surface area contributed by atoms with Gasteiger partial charge in [0.05, 0.1) is 16.9 Å². The van der Waals surface area contributed by atoms with Gasteiger partial charge in [0.1, 0.15) is 0 Å². The van der Waals surface area contributed by atoms with E-state index in [1.807, 2.05) is 29.3 Å². The van der Waals surface area contributed by atoms with Crippen LogP contribution in [-0.2, 0) is 6.42 Å². The summed E-state index contributed by atoms with van der Waals surface area (Å²) in [7, 11) is 0. The molecule has 8 nitrogen and oxygen atoms in total. The van der Waals surface area contributed by atoms with Crippen LogP contribution in [0.15, 0.2) is 53.2 Å². The number of hydrogen-bond acceptors (Lipinski definition) is 5. The van der Waals surface area contributed by atoms with Gasteiger partial charge in [-0.2, -0.15) is 11.3 Å². The topological polar surface area (TPSA) is 93.8 Å². The van der Waals surface area contributed by atoms with Crippen molar-refractivity contribution < 1.29 is 14.4 Å². The number of carbonyl (C=O) groups excluding carboxylic acids is 3. The quantitative estimate of drug-likeness (QED) is 0.323. The predicted molar refractivity (Wildman–Crippen MR) is 159 cm³/mol. The molecule has 1 aliphatic rings. The van der Waals surface area contributed by atoms with Crippen LogP contribution < -0.4 is 20.9 Å². The highest BCUT2D eigenvalue weighted by Crippen LogP contribution is 2.29. The van der Waals surface area contributed by atoms with Crippen molar-refractivity contribution in [1.29, 1.82) is 0 Å². The Hall–Kier alpha value is -3.27.